The number of fused-ring (bicyclic) bond motifs is 1. The summed E-state index contributed by atoms with van der Waals surface area (Å²) < 4.78 is 1.91. The van der Waals surface area contributed by atoms with E-state index >= 15 is 0 Å². The molecule has 1 N–H and O–H groups in total. The van der Waals surface area contributed by atoms with Gasteiger partial charge in [0.15, 0.2) is 5.65 Å². The number of amides is 1. The third kappa shape index (κ3) is 4.64. The number of anilines is 1. The molecule has 2 aromatic heterocycles. The van der Waals surface area contributed by atoms with Crippen molar-refractivity contribution in [2.75, 3.05) is 18.0 Å². The predicted octanol–water partition coefficient (Wildman–Crippen LogP) is 5.20. The van der Waals surface area contributed by atoms with Gasteiger partial charge in [0.2, 0.25) is 5.91 Å². The molecule has 1 amide bonds. The van der Waals surface area contributed by atoms with Crippen molar-refractivity contribution in [3.63, 3.8) is 0 Å². The number of rotatable bonds is 5. The second-order valence-electron chi connectivity index (χ2n) is 8.97. The van der Waals surface area contributed by atoms with Gasteiger partial charge in [-0.05, 0) is 49.9 Å². The predicted molar refractivity (Wildman–Crippen MR) is 136 cm³/mol. The maximum absolute atomic E-state index is 12.8. The van der Waals surface area contributed by atoms with Crippen LogP contribution in [0.5, 0.6) is 0 Å². The van der Waals surface area contributed by atoms with Gasteiger partial charge in [-0.15, -0.1) is 0 Å². The Morgan fingerprint density at radius 3 is 2.53 bits per heavy atom. The second-order valence-corrected chi connectivity index (χ2v) is 9.40. The molecule has 0 spiro atoms. The molecule has 1 fully saturated rings. The van der Waals surface area contributed by atoms with Crippen LogP contribution in [0.2, 0.25) is 5.02 Å². The Morgan fingerprint density at radius 1 is 1.06 bits per heavy atom. The Labute approximate surface area is 204 Å². The van der Waals surface area contributed by atoms with Crippen LogP contribution in [0.3, 0.4) is 0 Å². The third-order valence-corrected chi connectivity index (χ3v) is 6.83. The van der Waals surface area contributed by atoms with Crippen LogP contribution in [-0.4, -0.2) is 33.6 Å². The molecule has 1 aliphatic heterocycles. The first-order valence-electron chi connectivity index (χ1n) is 11.7. The van der Waals surface area contributed by atoms with Gasteiger partial charge in [-0.2, -0.15) is 9.61 Å². The van der Waals surface area contributed by atoms with Gasteiger partial charge in [-0.1, -0.05) is 48.0 Å². The molecule has 4 aromatic rings. The SMILES string of the molecule is Cc1cc(N2CCC(C(=O)NCc3ccccc3C)CC2)n2nc(-c3ccc(Cl)cc3)cc2n1. The molecular formula is C27H28ClN5O. The van der Waals surface area contributed by atoms with Crippen molar-refractivity contribution in [2.45, 2.75) is 33.2 Å². The van der Waals surface area contributed by atoms with Crippen molar-refractivity contribution in [1.29, 1.82) is 0 Å². The number of benzene rings is 2. The number of piperidine rings is 1. The lowest BCUT2D eigenvalue weighted by Gasteiger charge is -2.33. The van der Waals surface area contributed by atoms with Crippen LogP contribution in [-0.2, 0) is 11.3 Å². The average molecular weight is 474 g/mol. The number of nitrogens with one attached hydrogen (secondary N) is 1. The molecule has 2 aromatic carbocycles. The molecule has 0 atom stereocenters. The first-order valence-corrected chi connectivity index (χ1v) is 12.1. The lowest BCUT2D eigenvalue weighted by atomic mass is 9.95. The van der Waals surface area contributed by atoms with E-state index in [0.717, 1.165) is 59.9 Å². The number of aryl methyl sites for hydroxylation is 2. The number of carbonyl (C=O) groups excluding carboxylic acids is 1. The summed E-state index contributed by atoms with van der Waals surface area (Å²) >= 11 is 6.04. The standard InChI is InChI=1S/C27H28ClN5O/c1-18-5-3-4-6-22(18)17-29-27(34)21-11-13-32(14-12-21)26-15-19(2)30-25-16-24(31-33(25)26)20-7-9-23(28)10-8-20/h3-10,15-16,21H,11-14,17H2,1-2H3,(H,29,34). The first kappa shape index (κ1) is 22.4. The molecule has 1 saturated heterocycles. The third-order valence-electron chi connectivity index (χ3n) is 6.58. The summed E-state index contributed by atoms with van der Waals surface area (Å²) in [4.78, 5) is 19.8. The van der Waals surface area contributed by atoms with Crippen LogP contribution >= 0.6 is 11.6 Å². The van der Waals surface area contributed by atoms with E-state index in [4.69, 9.17) is 16.7 Å². The minimum atomic E-state index is 0.0287. The second kappa shape index (κ2) is 9.47. The van der Waals surface area contributed by atoms with E-state index in [2.05, 4.69) is 40.3 Å². The normalized spacial score (nSPS) is 14.5. The number of halogens is 1. The molecule has 1 aliphatic rings. The summed E-state index contributed by atoms with van der Waals surface area (Å²) in [6.45, 7) is 6.26. The topological polar surface area (TPSA) is 62.5 Å². The van der Waals surface area contributed by atoms with E-state index in [1.165, 1.54) is 5.56 Å². The molecule has 5 rings (SSSR count). The summed E-state index contributed by atoms with van der Waals surface area (Å²) in [5.74, 6) is 1.19. The maximum Gasteiger partial charge on any atom is 0.223 e. The summed E-state index contributed by atoms with van der Waals surface area (Å²) in [5, 5.41) is 8.68. The molecule has 0 bridgehead atoms. The van der Waals surface area contributed by atoms with Crippen molar-refractivity contribution in [3.8, 4) is 11.3 Å². The van der Waals surface area contributed by atoms with E-state index in [1.807, 2.05) is 53.9 Å². The van der Waals surface area contributed by atoms with Gasteiger partial charge in [-0.25, -0.2) is 4.98 Å². The Bertz CT molecular complexity index is 1320. The van der Waals surface area contributed by atoms with Gasteiger partial charge in [0, 0.05) is 54.0 Å². The summed E-state index contributed by atoms with van der Waals surface area (Å²) in [6, 6.07) is 19.9. The Kier molecular flexibility index (Phi) is 6.24. The Balaban J connectivity index is 1.29. The van der Waals surface area contributed by atoms with Gasteiger partial charge in [-0.3, -0.25) is 4.79 Å². The van der Waals surface area contributed by atoms with E-state index in [1.54, 1.807) is 0 Å². The number of nitrogens with zero attached hydrogens (tertiary/aromatic N) is 4. The van der Waals surface area contributed by atoms with Gasteiger partial charge < -0.3 is 10.2 Å². The fourth-order valence-corrected chi connectivity index (χ4v) is 4.70. The van der Waals surface area contributed by atoms with Gasteiger partial charge >= 0.3 is 0 Å². The zero-order valence-corrected chi connectivity index (χ0v) is 20.2. The quantitative estimate of drug-likeness (QED) is 0.432. The van der Waals surface area contributed by atoms with E-state index in [0.29, 0.717) is 11.6 Å². The Morgan fingerprint density at radius 2 is 1.79 bits per heavy atom. The highest BCUT2D eigenvalue weighted by Gasteiger charge is 2.26. The van der Waals surface area contributed by atoms with Crippen molar-refractivity contribution >= 4 is 29.0 Å². The lowest BCUT2D eigenvalue weighted by molar-refractivity contribution is -0.125. The molecule has 0 radical (unpaired) electrons. The monoisotopic (exact) mass is 473 g/mol. The van der Waals surface area contributed by atoms with Crippen molar-refractivity contribution < 1.29 is 4.79 Å². The zero-order valence-electron chi connectivity index (χ0n) is 19.5. The molecule has 34 heavy (non-hydrogen) atoms. The largest absolute Gasteiger partial charge is 0.356 e. The fraction of sp³-hybridized carbons (Fsp3) is 0.296. The minimum absolute atomic E-state index is 0.0287. The highest BCUT2D eigenvalue weighted by molar-refractivity contribution is 6.30. The summed E-state index contributed by atoms with van der Waals surface area (Å²) in [5.41, 5.74) is 6.00. The summed E-state index contributed by atoms with van der Waals surface area (Å²) in [6.07, 6.45) is 1.63. The van der Waals surface area contributed by atoms with Crippen LogP contribution < -0.4 is 10.2 Å². The molecule has 6 nitrogen and oxygen atoms in total. The maximum atomic E-state index is 12.8. The molecule has 7 heteroatoms. The number of carbonyl (C=O) groups is 1. The average Bonchev–Trinajstić information content (AvgIpc) is 3.27. The van der Waals surface area contributed by atoms with Gasteiger partial charge in [0.25, 0.3) is 0 Å². The Hall–Kier alpha value is -3.38. The summed E-state index contributed by atoms with van der Waals surface area (Å²) in [7, 11) is 0. The van der Waals surface area contributed by atoms with E-state index < -0.39 is 0 Å². The smallest absolute Gasteiger partial charge is 0.223 e. The van der Waals surface area contributed by atoms with Crippen LogP contribution in [0.4, 0.5) is 5.82 Å². The zero-order chi connectivity index (χ0) is 23.7. The molecule has 0 saturated carbocycles. The van der Waals surface area contributed by atoms with Crippen molar-refractivity contribution in [3.05, 3.63) is 82.5 Å². The van der Waals surface area contributed by atoms with Crippen molar-refractivity contribution in [2.24, 2.45) is 5.92 Å². The first-order chi connectivity index (χ1) is 16.5. The minimum Gasteiger partial charge on any atom is -0.356 e. The van der Waals surface area contributed by atoms with Crippen LogP contribution in [0.25, 0.3) is 16.9 Å². The van der Waals surface area contributed by atoms with Crippen LogP contribution in [0, 0.1) is 19.8 Å². The lowest BCUT2D eigenvalue weighted by Crippen LogP contribution is -2.41. The number of hydrogen-bond acceptors (Lipinski definition) is 4. The van der Waals surface area contributed by atoms with Crippen LogP contribution in [0.1, 0.15) is 29.7 Å². The van der Waals surface area contributed by atoms with E-state index in [9.17, 15) is 4.79 Å². The number of hydrogen-bond donors (Lipinski definition) is 1. The molecular weight excluding hydrogens is 446 g/mol. The molecule has 3 heterocycles. The van der Waals surface area contributed by atoms with Gasteiger partial charge in [0.1, 0.15) is 5.82 Å². The molecule has 174 valence electrons. The van der Waals surface area contributed by atoms with Gasteiger partial charge in [0.05, 0.1) is 5.69 Å². The number of aromatic nitrogens is 3. The fourth-order valence-electron chi connectivity index (χ4n) is 4.57. The molecule has 0 aliphatic carbocycles. The molecule has 0 unspecified atom stereocenters. The van der Waals surface area contributed by atoms with Crippen molar-refractivity contribution in [1.82, 2.24) is 19.9 Å². The highest BCUT2D eigenvalue weighted by atomic mass is 35.5. The highest BCUT2D eigenvalue weighted by Crippen LogP contribution is 2.27. The van der Waals surface area contributed by atoms with E-state index in [-0.39, 0.29) is 11.8 Å². The van der Waals surface area contributed by atoms with Crippen LogP contribution in [0.15, 0.2) is 60.7 Å².